The lowest BCUT2D eigenvalue weighted by Gasteiger charge is -2.09. The van der Waals surface area contributed by atoms with Gasteiger partial charge in [-0.05, 0) is 36.8 Å². The van der Waals surface area contributed by atoms with Gasteiger partial charge in [0.15, 0.2) is 0 Å². The molecule has 2 aromatic rings. The van der Waals surface area contributed by atoms with Crippen LogP contribution in [-0.4, -0.2) is 17.6 Å². The highest BCUT2D eigenvalue weighted by molar-refractivity contribution is 9.10. The predicted molar refractivity (Wildman–Crippen MR) is 74.8 cm³/mol. The number of furan rings is 1. The summed E-state index contributed by atoms with van der Waals surface area (Å²) in [4.78, 5) is 11.8. The van der Waals surface area contributed by atoms with Crippen molar-refractivity contribution in [2.75, 3.05) is 6.54 Å². The van der Waals surface area contributed by atoms with Crippen molar-refractivity contribution in [2.24, 2.45) is 0 Å². The van der Waals surface area contributed by atoms with Crippen LogP contribution in [0.15, 0.2) is 51.7 Å². The number of amides is 1. The van der Waals surface area contributed by atoms with E-state index in [-0.39, 0.29) is 5.91 Å². The van der Waals surface area contributed by atoms with Crippen LogP contribution in [0.3, 0.4) is 0 Å². The second-order valence-corrected chi connectivity index (χ2v) is 5.04. The Bertz CT molecular complexity index is 522. The number of aliphatic hydroxyl groups excluding tert-OH is 1. The Kier molecular flexibility index (Phi) is 4.76. The average Bonchev–Trinajstić information content (AvgIpc) is 2.93. The lowest BCUT2D eigenvalue weighted by atomic mass is 10.1. The van der Waals surface area contributed by atoms with E-state index in [0.29, 0.717) is 18.5 Å². The van der Waals surface area contributed by atoms with Gasteiger partial charge in [0.1, 0.15) is 0 Å². The fraction of sp³-hybridized carbons (Fsp3) is 0.214. The van der Waals surface area contributed by atoms with Crippen molar-refractivity contribution >= 4 is 21.8 Å². The molecule has 1 heterocycles. The maximum atomic E-state index is 11.8. The van der Waals surface area contributed by atoms with Gasteiger partial charge in [0, 0.05) is 22.1 Å². The summed E-state index contributed by atoms with van der Waals surface area (Å²) in [5.74, 6) is -0.146. The maximum Gasteiger partial charge on any atom is 0.251 e. The summed E-state index contributed by atoms with van der Waals surface area (Å²) in [5.41, 5.74) is 1.32. The summed E-state index contributed by atoms with van der Waals surface area (Å²) in [6, 6.07) is 8.82. The monoisotopic (exact) mass is 323 g/mol. The average molecular weight is 324 g/mol. The first-order valence-corrected chi connectivity index (χ1v) is 6.70. The largest absolute Gasteiger partial charge is 0.472 e. The molecular formula is C14H14BrNO3. The molecule has 0 aliphatic heterocycles. The maximum absolute atomic E-state index is 11.8. The van der Waals surface area contributed by atoms with Crippen molar-refractivity contribution in [3.8, 4) is 0 Å². The third kappa shape index (κ3) is 3.94. The first-order chi connectivity index (χ1) is 9.16. The lowest BCUT2D eigenvalue weighted by Crippen LogP contribution is -2.25. The molecule has 100 valence electrons. The summed E-state index contributed by atoms with van der Waals surface area (Å²) in [6.45, 7) is 0.404. The van der Waals surface area contributed by atoms with Crippen LogP contribution in [0.25, 0.3) is 0 Å². The molecule has 0 fully saturated rings. The van der Waals surface area contributed by atoms with Crippen LogP contribution in [0, 0.1) is 0 Å². The number of halogens is 1. The second-order valence-electron chi connectivity index (χ2n) is 4.12. The Morgan fingerprint density at radius 2 is 2.05 bits per heavy atom. The molecule has 1 aromatic carbocycles. The van der Waals surface area contributed by atoms with Crippen molar-refractivity contribution < 1.29 is 14.3 Å². The number of rotatable bonds is 5. The van der Waals surface area contributed by atoms with E-state index in [4.69, 9.17) is 4.42 Å². The summed E-state index contributed by atoms with van der Waals surface area (Å²) in [6.07, 6.45) is 2.84. The smallest absolute Gasteiger partial charge is 0.251 e. The summed E-state index contributed by atoms with van der Waals surface area (Å²) in [5, 5.41) is 12.6. The number of aliphatic hydroxyl groups is 1. The second kappa shape index (κ2) is 6.54. The zero-order chi connectivity index (χ0) is 13.7. The van der Waals surface area contributed by atoms with E-state index in [9.17, 15) is 9.90 Å². The van der Waals surface area contributed by atoms with Crippen LogP contribution in [0.5, 0.6) is 0 Å². The number of benzene rings is 1. The van der Waals surface area contributed by atoms with E-state index in [1.165, 1.54) is 12.5 Å². The SMILES string of the molecule is O=C(NCCC(O)c1ccoc1)c1ccc(Br)cc1. The minimum absolute atomic E-state index is 0.146. The zero-order valence-electron chi connectivity index (χ0n) is 10.2. The van der Waals surface area contributed by atoms with Gasteiger partial charge < -0.3 is 14.8 Å². The van der Waals surface area contributed by atoms with E-state index >= 15 is 0 Å². The topological polar surface area (TPSA) is 62.5 Å². The van der Waals surface area contributed by atoms with E-state index in [1.807, 2.05) is 12.1 Å². The Labute approximate surface area is 119 Å². The molecule has 2 rings (SSSR count). The van der Waals surface area contributed by atoms with Gasteiger partial charge in [-0.15, -0.1) is 0 Å². The third-order valence-electron chi connectivity index (χ3n) is 2.74. The lowest BCUT2D eigenvalue weighted by molar-refractivity contribution is 0.0942. The first kappa shape index (κ1) is 13.8. The van der Waals surface area contributed by atoms with Gasteiger partial charge in [0.2, 0.25) is 0 Å². The first-order valence-electron chi connectivity index (χ1n) is 5.91. The fourth-order valence-electron chi connectivity index (χ4n) is 1.66. The molecule has 0 bridgehead atoms. The molecule has 1 aromatic heterocycles. The molecule has 2 N–H and O–H groups in total. The van der Waals surface area contributed by atoms with Crippen molar-refractivity contribution in [3.05, 3.63) is 58.5 Å². The summed E-state index contributed by atoms with van der Waals surface area (Å²) in [7, 11) is 0. The minimum atomic E-state index is -0.621. The van der Waals surface area contributed by atoms with Crippen LogP contribution in [0.1, 0.15) is 28.4 Å². The number of nitrogens with one attached hydrogen (secondary N) is 1. The molecule has 0 aliphatic rings. The Balaban J connectivity index is 1.79. The van der Waals surface area contributed by atoms with Crippen LogP contribution < -0.4 is 5.32 Å². The third-order valence-corrected chi connectivity index (χ3v) is 3.27. The molecule has 5 heteroatoms. The Hall–Kier alpha value is -1.59. The summed E-state index contributed by atoms with van der Waals surface area (Å²) < 4.78 is 5.82. The van der Waals surface area contributed by atoms with Crippen molar-refractivity contribution in [1.29, 1.82) is 0 Å². The van der Waals surface area contributed by atoms with Crippen molar-refractivity contribution in [3.63, 3.8) is 0 Å². The zero-order valence-corrected chi connectivity index (χ0v) is 11.8. The van der Waals surface area contributed by atoms with Crippen LogP contribution >= 0.6 is 15.9 Å². The number of carbonyl (C=O) groups excluding carboxylic acids is 1. The van der Waals surface area contributed by atoms with Gasteiger partial charge in [-0.2, -0.15) is 0 Å². The normalized spacial score (nSPS) is 12.1. The number of carbonyl (C=O) groups is 1. The number of hydrogen-bond acceptors (Lipinski definition) is 3. The van der Waals surface area contributed by atoms with Gasteiger partial charge in [0.25, 0.3) is 5.91 Å². The van der Waals surface area contributed by atoms with Gasteiger partial charge in [-0.3, -0.25) is 4.79 Å². The van der Waals surface area contributed by atoms with Crippen molar-refractivity contribution in [2.45, 2.75) is 12.5 Å². The highest BCUT2D eigenvalue weighted by Crippen LogP contribution is 2.16. The fourth-order valence-corrected chi connectivity index (χ4v) is 1.92. The highest BCUT2D eigenvalue weighted by Gasteiger charge is 2.10. The highest BCUT2D eigenvalue weighted by atomic mass is 79.9. The quantitative estimate of drug-likeness (QED) is 0.889. The molecule has 1 atom stereocenters. The van der Waals surface area contributed by atoms with Crippen molar-refractivity contribution in [1.82, 2.24) is 5.32 Å². The molecule has 1 amide bonds. The predicted octanol–water partition coefficient (Wildman–Crippen LogP) is 2.90. The number of hydrogen-bond donors (Lipinski definition) is 2. The standard InChI is InChI=1S/C14H14BrNO3/c15-12-3-1-10(2-4-12)14(18)16-7-5-13(17)11-6-8-19-9-11/h1-4,6,8-9,13,17H,5,7H2,(H,16,18). The van der Waals surface area contributed by atoms with E-state index in [1.54, 1.807) is 18.2 Å². The van der Waals surface area contributed by atoms with Gasteiger partial charge >= 0.3 is 0 Å². The van der Waals surface area contributed by atoms with Gasteiger partial charge in [-0.25, -0.2) is 0 Å². The van der Waals surface area contributed by atoms with Gasteiger partial charge in [-0.1, -0.05) is 15.9 Å². The molecule has 0 radical (unpaired) electrons. The molecule has 0 spiro atoms. The molecule has 19 heavy (non-hydrogen) atoms. The van der Waals surface area contributed by atoms with Crippen LogP contribution in [-0.2, 0) is 0 Å². The Morgan fingerprint density at radius 3 is 2.68 bits per heavy atom. The molecule has 1 unspecified atom stereocenters. The van der Waals surface area contributed by atoms with Crippen LogP contribution in [0.2, 0.25) is 0 Å². The van der Waals surface area contributed by atoms with E-state index in [0.717, 1.165) is 10.0 Å². The Morgan fingerprint density at radius 1 is 1.32 bits per heavy atom. The molecule has 0 saturated heterocycles. The molecule has 0 saturated carbocycles. The van der Waals surface area contributed by atoms with Gasteiger partial charge in [0.05, 0.1) is 18.6 Å². The van der Waals surface area contributed by atoms with E-state index < -0.39 is 6.10 Å². The van der Waals surface area contributed by atoms with Crippen LogP contribution in [0.4, 0.5) is 0 Å². The minimum Gasteiger partial charge on any atom is -0.472 e. The van der Waals surface area contributed by atoms with E-state index in [2.05, 4.69) is 21.2 Å². The molecule has 0 aliphatic carbocycles. The molecule has 4 nitrogen and oxygen atoms in total. The molecular weight excluding hydrogens is 310 g/mol. The summed E-state index contributed by atoms with van der Waals surface area (Å²) >= 11 is 3.31.